The average molecular weight is 278 g/mol. The minimum Gasteiger partial charge on any atom is -0.478 e. The van der Waals surface area contributed by atoms with Crippen LogP contribution in [0.5, 0.6) is 0 Å². The summed E-state index contributed by atoms with van der Waals surface area (Å²) in [6.07, 6.45) is 0.994. The van der Waals surface area contributed by atoms with Gasteiger partial charge in [-0.1, -0.05) is 6.07 Å². The van der Waals surface area contributed by atoms with E-state index in [0.29, 0.717) is 18.5 Å². The Morgan fingerprint density at radius 3 is 2.50 bits per heavy atom. The molecule has 0 aliphatic rings. The standard InChI is InChI=1S/C14H18N2O4/c1-16(2)13(18)8-4-7-12(17)15-11-6-3-5-10(9-11)14(19)20/h3,5-6,9H,4,7-8H2,1-2H3,(H,15,17)(H,19,20). The van der Waals surface area contributed by atoms with E-state index in [4.69, 9.17) is 5.11 Å². The molecule has 0 saturated heterocycles. The zero-order chi connectivity index (χ0) is 15.1. The number of hydrogen-bond donors (Lipinski definition) is 2. The number of carboxylic acid groups (broad SMARTS) is 1. The lowest BCUT2D eigenvalue weighted by Gasteiger charge is -2.10. The molecular weight excluding hydrogens is 260 g/mol. The van der Waals surface area contributed by atoms with Crippen LogP contribution in [0.3, 0.4) is 0 Å². The minimum atomic E-state index is -1.04. The van der Waals surface area contributed by atoms with Gasteiger partial charge in [-0.3, -0.25) is 9.59 Å². The molecule has 0 aliphatic carbocycles. The van der Waals surface area contributed by atoms with Crippen LogP contribution in [0.15, 0.2) is 24.3 Å². The second-order valence-electron chi connectivity index (χ2n) is 4.58. The third kappa shape index (κ3) is 5.09. The lowest BCUT2D eigenvalue weighted by molar-refractivity contribution is -0.128. The van der Waals surface area contributed by atoms with E-state index >= 15 is 0 Å². The van der Waals surface area contributed by atoms with E-state index in [9.17, 15) is 14.4 Å². The molecule has 0 saturated carbocycles. The first kappa shape index (κ1) is 15.7. The monoisotopic (exact) mass is 278 g/mol. The second kappa shape index (κ2) is 7.28. The fraction of sp³-hybridized carbons (Fsp3) is 0.357. The third-order valence-corrected chi connectivity index (χ3v) is 2.69. The van der Waals surface area contributed by atoms with E-state index in [2.05, 4.69) is 5.32 Å². The Kier molecular flexibility index (Phi) is 5.71. The van der Waals surface area contributed by atoms with E-state index in [-0.39, 0.29) is 23.8 Å². The first-order valence-corrected chi connectivity index (χ1v) is 6.23. The van der Waals surface area contributed by atoms with Crippen molar-refractivity contribution in [3.8, 4) is 0 Å². The number of nitrogens with one attached hydrogen (secondary N) is 1. The highest BCUT2D eigenvalue weighted by Gasteiger charge is 2.08. The average Bonchev–Trinajstić information content (AvgIpc) is 2.38. The van der Waals surface area contributed by atoms with Crippen LogP contribution in [-0.4, -0.2) is 41.9 Å². The second-order valence-corrected chi connectivity index (χ2v) is 4.58. The number of benzene rings is 1. The van der Waals surface area contributed by atoms with Crippen molar-refractivity contribution >= 4 is 23.5 Å². The molecule has 0 unspecified atom stereocenters. The minimum absolute atomic E-state index is 0.0225. The third-order valence-electron chi connectivity index (χ3n) is 2.69. The van der Waals surface area contributed by atoms with Crippen LogP contribution in [0.25, 0.3) is 0 Å². The Balaban J connectivity index is 2.45. The van der Waals surface area contributed by atoms with Gasteiger partial charge in [0.1, 0.15) is 0 Å². The lowest BCUT2D eigenvalue weighted by Crippen LogP contribution is -2.21. The number of carboxylic acids is 1. The van der Waals surface area contributed by atoms with E-state index in [1.165, 1.54) is 17.0 Å². The molecule has 6 nitrogen and oxygen atoms in total. The Labute approximate surface area is 117 Å². The molecule has 1 aromatic rings. The predicted molar refractivity (Wildman–Crippen MR) is 74.6 cm³/mol. The van der Waals surface area contributed by atoms with Crippen LogP contribution in [0.2, 0.25) is 0 Å². The summed E-state index contributed by atoms with van der Waals surface area (Å²) >= 11 is 0. The van der Waals surface area contributed by atoms with E-state index in [1.54, 1.807) is 26.2 Å². The number of aromatic carboxylic acids is 1. The topological polar surface area (TPSA) is 86.7 Å². The highest BCUT2D eigenvalue weighted by Crippen LogP contribution is 2.11. The summed E-state index contributed by atoms with van der Waals surface area (Å²) < 4.78 is 0. The molecular formula is C14H18N2O4. The molecule has 2 N–H and O–H groups in total. The normalized spacial score (nSPS) is 9.90. The molecule has 0 atom stereocenters. The summed E-state index contributed by atoms with van der Waals surface area (Å²) in [6, 6.07) is 6.03. The molecule has 0 aromatic heterocycles. The van der Waals surface area contributed by atoms with Crippen LogP contribution in [0.4, 0.5) is 5.69 Å². The van der Waals surface area contributed by atoms with E-state index in [1.807, 2.05) is 0 Å². The van der Waals surface area contributed by atoms with Crippen molar-refractivity contribution in [2.75, 3.05) is 19.4 Å². The van der Waals surface area contributed by atoms with Gasteiger partial charge >= 0.3 is 5.97 Å². The summed E-state index contributed by atoms with van der Waals surface area (Å²) in [5.74, 6) is -1.30. The zero-order valence-electron chi connectivity index (χ0n) is 11.5. The van der Waals surface area contributed by atoms with Crippen molar-refractivity contribution in [3.05, 3.63) is 29.8 Å². The van der Waals surface area contributed by atoms with Crippen LogP contribution < -0.4 is 5.32 Å². The Morgan fingerprint density at radius 2 is 1.90 bits per heavy atom. The zero-order valence-corrected chi connectivity index (χ0v) is 11.5. The van der Waals surface area contributed by atoms with Crippen LogP contribution in [0, 0.1) is 0 Å². The SMILES string of the molecule is CN(C)C(=O)CCCC(=O)Nc1cccc(C(=O)O)c1. The Bertz CT molecular complexity index is 512. The van der Waals surface area contributed by atoms with Crippen molar-refractivity contribution in [2.45, 2.75) is 19.3 Å². The molecule has 0 spiro atoms. The van der Waals surface area contributed by atoms with Gasteiger partial charge in [-0.05, 0) is 24.6 Å². The summed E-state index contributed by atoms with van der Waals surface area (Å²) in [5.41, 5.74) is 0.555. The highest BCUT2D eigenvalue weighted by atomic mass is 16.4. The summed E-state index contributed by atoms with van der Waals surface area (Å²) in [6.45, 7) is 0. The molecule has 0 bridgehead atoms. The first-order chi connectivity index (χ1) is 9.40. The molecule has 20 heavy (non-hydrogen) atoms. The number of nitrogens with zero attached hydrogens (tertiary/aromatic N) is 1. The predicted octanol–water partition coefficient (Wildman–Crippen LogP) is 1.58. The maximum atomic E-state index is 11.7. The number of amides is 2. The summed E-state index contributed by atoms with van der Waals surface area (Å²) in [7, 11) is 3.33. The van der Waals surface area contributed by atoms with Crippen molar-refractivity contribution in [1.29, 1.82) is 0 Å². The molecule has 0 radical (unpaired) electrons. The molecule has 1 rings (SSSR count). The molecule has 0 fully saturated rings. The van der Waals surface area contributed by atoms with Gasteiger partial charge in [0.05, 0.1) is 5.56 Å². The molecule has 1 aromatic carbocycles. The van der Waals surface area contributed by atoms with Gasteiger partial charge in [0.25, 0.3) is 0 Å². The van der Waals surface area contributed by atoms with Gasteiger partial charge in [0, 0.05) is 32.6 Å². The molecule has 0 aliphatic heterocycles. The number of carbonyl (C=O) groups excluding carboxylic acids is 2. The van der Waals surface area contributed by atoms with Crippen molar-refractivity contribution < 1.29 is 19.5 Å². The van der Waals surface area contributed by atoms with Gasteiger partial charge in [0.15, 0.2) is 0 Å². The molecule has 108 valence electrons. The van der Waals surface area contributed by atoms with Gasteiger partial charge in [0.2, 0.25) is 11.8 Å². The number of hydrogen-bond acceptors (Lipinski definition) is 3. The number of rotatable bonds is 6. The van der Waals surface area contributed by atoms with Crippen molar-refractivity contribution in [3.63, 3.8) is 0 Å². The Hall–Kier alpha value is -2.37. The summed E-state index contributed by atoms with van der Waals surface area (Å²) in [4.78, 5) is 35.3. The van der Waals surface area contributed by atoms with Crippen LogP contribution in [-0.2, 0) is 9.59 Å². The first-order valence-electron chi connectivity index (χ1n) is 6.23. The van der Waals surface area contributed by atoms with Gasteiger partial charge in [-0.2, -0.15) is 0 Å². The van der Waals surface area contributed by atoms with Gasteiger partial charge in [-0.15, -0.1) is 0 Å². The number of anilines is 1. The fourth-order valence-corrected chi connectivity index (χ4v) is 1.58. The van der Waals surface area contributed by atoms with Crippen LogP contribution in [0.1, 0.15) is 29.6 Å². The maximum Gasteiger partial charge on any atom is 0.335 e. The van der Waals surface area contributed by atoms with Crippen molar-refractivity contribution in [1.82, 2.24) is 4.90 Å². The summed E-state index contributed by atoms with van der Waals surface area (Å²) in [5, 5.41) is 11.5. The highest BCUT2D eigenvalue weighted by molar-refractivity contribution is 5.94. The molecule has 2 amide bonds. The van der Waals surface area contributed by atoms with Gasteiger partial charge < -0.3 is 15.3 Å². The fourth-order valence-electron chi connectivity index (χ4n) is 1.58. The molecule has 6 heteroatoms. The smallest absolute Gasteiger partial charge is 0.335 e. The quantitative estimate of drug-likeness (QED) is 0.827. The van der Waals surface area contributed by atoms with E-state index < -0.39 is 5.97 Å². The Morgan fingerprint density at radius 1 is 1.20 bits per heavy atom. The number of carbonyl (C=O) groups is 3. The van der Waals surface area contributed by atoms with Crippen molar-refractivity contribution in [2.24, 2.45) is 0 Å². The van der Waals surface area contributed by atoms with Crippen LogP contribution >= 0.6 is 0 Å². The van der Waals surface area contributed by atoms with Gasteiger partial charge in [-0.25, -0.2) is 4.79 Å². The largest absolute Gasteiger partial charge is 0.478 e. The maximum absolute atomic E-state index is 11.7. The molecule has 0 heterocycles. The van der Waals surface area contributed by atoms with E-state index in [0.717, 1.165) is 0 Å². The lowest BCUT2D eigenvalue weighted by atomic mass is 10.2.